The fourth-order valence-corrected chi connectivity index (χ4v) is 2.62. The van der Waals surface area contributed by atoms with Crippen molar-refractivity contribution in [2.45, 2.75) is 37.8 Å². The summed E-state index contributed by atoms with van der Waals surface area (Å²) in [5.41, 5.74) is 5.82. The summed E-state index contributed by atoms with van der Waals surface area (Å²) in [6.07, 6.45) is 4.05. The number of rotatable bonds is 2. The van der Waals surface area contributed by atoms with Crippen molar-refractivity contribution in [1.29, 1.82) is 0 Å². The van der Waals surface area contributed by atoms with Crippen molar-refractivity contribution < 1.29 is 9.53 Å². The Bertz CT molecular complexity index is 245. The maximum Gasteiger partial charge on any atom is 0.225 e. The molecule has 2 N–H and O–H groups in total. The number of methoxy groups -OCH3 is 1. The molecular weight excluding hydrogens is 192 g/mol. The van der Waals surface area contributed by atoms with Crippen molar-refractivity contribution in [2.24, 2.45) is 11.7 Å². The van der Waals surface area contributed by atoms with Crippen LogP contribution in [0.5, 0.6) is 0 Å². The van der Waals surface area contributed by atoms with E-state index in [9.17, 15) is 4.79 Å². The van der Waals surface area contributed by atoms with Gasteiger partial charge in [0, 0.05) is 32.2 Å². The van der Waals surface area contributed by atoms with Gasteiger partial charge in [0.15, 0.2) is 0 Å². The van der Waals surface area contributed by atoms with E-state index < -0.39 is 0 Å². The van der Waals surface area contributed by atoms with Gasteiger partial charge in [0.25, 0.3) is 0 Å². The van der Waals surface area contributed by atoms with Gasteiger partial charge in [-0.1, -0.05) is 0 Å². The molecule has 0 aromatic heterocycles. The number of ether oxygens (including phenoxy) is 1. The first-order valence-corrected chi connectivity index (χ1v) is 5.78. The third-order valence-corrected chi connectivity index (χ3v) is 3.61. The highest BCUT2D eigenvalue weighted by Gasteiger charge is 2.34. The molecule has 0 bridgehead atoms. The molecule has 1 aliphatic heterocycles. The minimum atomic E-state index is 0.176. The van der Waals surface area contributed by atoms with E-state index in [1.807, 2.05) is 4.90 Å². The molecule has 3 atom stereocenters. The van der Waals surface area contributed by atoms with Crippen LogP contribution in [0.25, 0.3) is 0 Å². The largest absolute Gasteiger partial charge is 0.380 e. The maximum atomic E-state index is 12.1. The fourth-order valence-electron chi connectivity index (χ4n) is 2.62. The maximum absolute atomic E-state index is 12.1. The second kappa shape index (κ2) is 4.49. The van der Waals surface area contributed by atoms with E-state index in [0.29, 0.717) is 5.91 Å². The van der Waals surface area contributed by atoms with Crippen molar-refractivity contribution in [3.63, 3.8) is 0 Å². The standard InChI is InChI=1S/C11H20N2O2/c1-15-10-4-5-13(7-10)11(14)8-2-3-9(12)6-8/h8-10H,2-7,12H2,1H3/t8?,9?,10-/m0/s1. The Labute approximate surface area is 90.8 Å². The van der Waals surface area contributed by atoms with Gasteiger partial charge in [0.1, 0.15) is 0 Å². The first-order valence-electron chi connectivity index (χ1n) is 5.78. The Balaban J connectivity index is 1.86. The first kappa shape index (κ1) is 10.9. The minimum Gasteiger partial charge on any atom is -0.380 e. The van der Waals surface area contributed by atoms with Gasteiger partial charge in [0.05, 0.1) is 6.10 Å². The van der Waals surface area contributed by atoms with Gasteiger partial charge >= 0.3 is 0 Å². The van der Waals surface area contributed by atoms with Crippen molar-refractivity contribution >= 4 is 5.91 Å². The second-order valence-corrected chi connectivity index (χ2v) is 4.70. The number of hydrogen-bond acceptors (Lipinski definition) is 3. The van der Waals surface area contributed by atoms with Crippen LogP contribution in [0.4, 0.5) is 0 Å². The van der Waals surface area contributed by atoms with Gasteiger partial charge in [-0.05, 0) is 25.7 Å². The van der Waals surface area contributed by atoms with Gasteiger partial charge in [-0.15, -0.1) is 0 Å². The molecule has 1 heterocycles. The zero-order valence-corrected chi connectivity index (χ0v) is 9.32. The van der Waals surface area contributed by atoms with Gasteiger partial charge < -0.3 is 15.4 Å². The second-order valence-electron chi connectivity index (χ2n) is 4.70. The number of hydrogen-bond donors (Lipinski definition) is 1. The first-order chi connectivity index (χ1) is 7.20. The lowest BCUT2D eigenvalue weighted by Crippen LogP contribution is -2.34. The van der Waals surface area contributed by atoms with Crippen LogP contribution in [0.15, 0.2) is 0 Å². The third-order valence-electron chi connectivity index (χ3n) is 3.61. The molecular formula is C11H20N2O2. The van der Waals surface area contributed by atoms with Crippen LogP contribution in [0.3, 0.4) is 0 Å². The van der Waals surface area contributed by atoms with Crippen LogP contribution in [-0.4, -0.2) is 43.2 Å². The zero-order chi connectivity index (χ0) is 10.8. The highest BCUT2D eigenvalue weighted by atomic mass is 16.5. The van der Waals surface area contributed by atoms with E-state index in [0.717, 1.165) is 38.8 Å². The summed E-state index contributed by atoms with van der Waals surface area (Å²) in [6, 6.07) is 0.236. The summed E-state index contributed by atoms with van der Waals surface area (Å²) in [4.78, 5) is 14.0. The average molecular weight is 212 g/mol. The molecule has 0 aromatic rings. The SMILES string of the molecule is CO[C@H]1CCN(C(=O)C2CCC(N)C2)C1. The Morgan fingerprint density at radius 1 is 1.40 bits per heavy atom. The Kier molecular flexibility index (Phi) is 3.26. The van der Waals surface area contributed by atoms with Crippen LogP contribution in [0.1, 0.15) is 25.7 Å². The van der Waals surface area contributed by atoms with Crippen LogP contribution in [0, 0.1) is 5.92 Å². The number of amides is 1. The molecule has 1 saturated heterocycles. The Morgan fingerprint density at radius 3 is 2.73 bits per heavy atom. The molecule has 86 valence electrons. The zero-order valence-electron chi connectivity index (χ0n) is 9.32. The smallest absolute Gasteiger partial charge is 0.225 e. The summed E-state index contributed by atoms with van der Waals surface area (Å²) in [6.45, 7) is 1.62. The molecule has 2 unspecified atom stereocenters. The van der Waals surface area contributed by atoms with Crippen LogP contribution < -0.4 is 5.73 Å². The van der Waals surface area contributed by atoms with Gasteiger partial charge in [-0.3, -0.25) is 4.79 Å². The lowest BCUT2D eigenvalue weighted by molar-refractivity contribution is -0.134. The number of carbonyl (C=O) groups excluding carboxylic acids is 1. The minimum absolute atomic E-state index is 0.176. The van der Waals surface area contributed by atoms with Crippen molar-refractivity contribution in [3.05, 3.63) is 0 Å². The molecule has 2 rings (SSSR count). The summed E-state index contributed by atoms with van der Waals surface area (Å²) in [5, 5.41) is 0. The van der Waals surface area contributed by atoms with E-state index in [4.69, 9.17) is 10.5 Å². The number of nitrogens with zero attached hydrogens (tertiary/aromatic N) is 1. The summed E-state index contributed by atoms with van der Waals surface area (Å²) < 4.78 is 5.26. The lowest BCUT2D eigenvalue weighted by atomic mass is 10.1. The molecule has 2 aliphatic rings. The van der Waals surface area contributed by atoms with Crippen molar-refractivity contribution in [2.75, 3.05) is 20.2 Å². The van der Waals surface area contributed by atoms with Gasteiger partial charge in [0.2, 0.25) is 5.91 Å². The van der Waals surface area contributed by atoms with Gasteiger partial charge in [-0.2, -0.15) is 0 Å². The topological polar surface area (TPSA) is 55.6 Å². The molecule has 0 aromatic carbocycles. The van der Waals surface area contributed by atoms with Crippen LogP contribution in [0.2, 0.25) is 0 Å². The molecule has 15 heavy (non-hydrogen) atoms. The van der Waals surface area contributed by atoms with E-state index >= 15 is 0 Å². The fraction of sp³-hybridized carbons (Fsp3) is 0.909. The van der Waals surface area contributed by atoms with Crippen LogP contribution in [-0.2, 0) is 9.53 Å². The molecule has 4 heteroatoms. The van der Waals surface area contributed by atoms with E-state index in [1.165, 1.54) is 0 Å². The molecule has 0 spiro atoms. The predicted molar refractivity (Wildman–Crippen MR) is 57.3 cm³/mol. The quantitative estimate of drug-likeness (QED) is 0.719. The Hall–Kier alpha value is -0.610. The van der Waals surface area contributed by atoms with E-state index in [1.54, 1.807) is 7.11 Å². The molecule has 1 aliphatic carbocycles. The number of carbonyl (C=O) groups is 1. The van der Waals surface area contributed by atoms with E-state index in [2.05, 4.69) is 0 Å². The molecule has 1 amide bonds. The molecule has 4 nitrogen and oxygen atoms in total. The normalized spacial score (nSPS) is 36.1. The highest BCUT2D eigenvalue weighted by molar-refractivity contribution is 5.79. The van der Waals surface area contributed by atoms with Crippen molar-refractivity contribution in [3.8, 4) is 0 Å². The number of likely N-dealkylation sites (tertiary alicyclic amines) is 1. The third kappa shape index (κ3) is 2.32. The van der Waals surface area contributed by atoms with Gasteiger partial charge in [-0.25, -0.2) is 0 Å². The van der Waals surface area contributed by atoms with Crippen molar-refractivity contribution in [1.82, 2.24) is 4.90 Å². The molecule has 2 fully saturated rings. The lowest BCUT2D eigenvalue weighted by Gasteiger charge is -2.20. The summed E-state index contributed by atoms with van der Waals surface area (Å²) in [5.74, 6) is 0.470. The monoisotopic (exact) mass is 212 g/mol. The van der Waals surface area contributed by atoms with E-state index in [-0.39, 0.29) is 18.1 Å². The average Bonchev–Trinajstić information content (AvgIpc) is 2.84. The molecule has 1 saturated carbocycles. The molecule has 0 radical (unpaired) electrons. The van der Waals surface area contributed by atoms with Crippen LogP contribution >= 0.6 is 0 Å². The summed E-state index contributed by atoms with van der Waals surface area (Å²) >= 11 is 0. The Morgan fingerprint density at radius 2 is 2.20 bits per heavy atom. The highest BCUT2D eigenvalue weighted by Crippen LogP contribution is 2.27. The predicted octanol–water partition coefficient (Wildman–Crippen LogP) is 0.361. The number of nitrogens with two attached hydrogens (primary N) is 1. The summed E-state index contributed by atoms with van der Waals surface area (Å²) in [7, 11) is 1.71.